The van der Waals surface area contributed by atoms with Crippen molar-refractivity contribution < 1.29 is 5.11 Å². The van der Waals surface area contributed by atoms with Gasteiger partial charge >= 0.3 is 0 Å². The van der Waals surface area contributed by atoms with E-state index in [-0.39, 0.29) is 6.61 Å². The van der Waals surface area contributed by atoms with Gasteiger partial charge in [0.2, 0.25) is 0 Å². The molecule has 0 saturated carbocycles. The van der Waals surface area contributed by atoms with Gasteiger partial charge in [0.15, 0.2) is 0 Å². The number of para-hydroxylation sites is 1. The first-order valence-corrected chi connectivity index (χ1v) is 7.49. The summed E-state index contributed by atoms with van der Waals surface area (Å²) < 4.78 is 0. The molecule has 0 saturated heterocycles. The summed E-state index contributed by atoms with van der Waals surface area (Å²) in [6, 6.07) is 18.3. The zero-order valence-corrected chi connectivity index (χ0v) is 12.1. The van der Waals surface area contributed by atoms with E-state index in [1.165, 1.54) is 4.90 Å². The number of aliphatic hydroxyl groups excluding tert-OH is 1. The van der Waals surface area contributed by atoms with Gasteiger partial charge in [0.25, 0.3) is 0 Å². The molecule has 0 fully saturated rings. The molecule has 100 valence electrons. The number of anilines is 1. The van der Waals surface area contributed by atoms with Gasteiger partial charge in [0, 0.05) is 10.6 Å². The Labute approximate surface area is 118 Å². The smallest absolute Gasteiger partial charge is 0.0828 e. The number of hydrogen-bond donors (Lipinski definition) is 2. The third kappa shape index (κ3) is 3.31. The number of hydrogen-bond acceptors (Lipinski definition) is 3. The van der Waals surface area contributed by atoms with Gasteiger partial charge in [-0.2, -0.15) is 0 Å². The minimum atomic E-state index is -0.474. The lowest BCUT2D eigenvalue weighted by atomic mass is 9.92. The normalized spacial score (nSPS) is 13.8. The van der Waals surface area contributed by atoms with Crippen molar-refractivity contribution in [3.63, 3.8) is 0 Å². The van der Waals surface area contributed by atoms with Crippen molar-refractivity contribution >= 4 is 17.4 Å². The monoisotopic (exact) mass is 273 g/mol. The molecule has 2 nitrogen and oxygen atoms in total. The van der Waals surface area contributed by atoms with Crippen molar-refractivity contribution in [2.75, 3.05) is 18.2 Å². The lowest BCUT2D eigenvalue weighted by Gasteiger charge is -2.30. The molecule has 0 bridgehead atoms. The van der Waals surface area contributed by atoms with Crippen molar-refractivity contribution in [1.29, 1.82) is 0 Å². The van der Waals surface area contributed by atoms with Gasteiger partial charge in [-0.1, -0.05) is 30.3 Å². The minimum Gasteiger partial charge on any atom is -0.394 e. The number of aliphatic hydroxyl groups is 1. The molecule has 0 aliphatic rings. The highest BCUT2D eigenvalue weighted by Crippen LogP contribution is 2.27. The Morgan fingerprint density at radius 1 is 1.05 bits per heavy atom. The maximum atomic E-state index is 9.76. The van der Waals surface area contributed by atoms with E-state index < -0.39 is 5.54 Å². The Bertz CT molecular complexity index is 512. The van der Waals surface area contributed by atoms with Crippen LogP contribution in [0, 0.1) is 0 Å². The van der Waals surface area contributed by atoms with Crippen LogP contribution < -0.4 is 5.32 Å². The fourth-order valence-electron chi connectivity index (χ4n) is 2.00. The van der Waals surface area contributed by atoms with Gasteiger partial charge in [0.05, 0.1) is 12.1 Å². The van der Waals surface area contributed by atoms with E-state index in [0.29, 0.717) is 0 Å². The summed E-state index contributed by atoms with van der Waals surface area (Å²) in [4.78, 5) is 1.23. The minimum absolute atomic E-state index is 0.0422. The Balaban J connectivity index is 2.25. The number of nitrogens with one attached hydrogen (secondary N) is 1. The zero-order chi connectivity index (χ0) is 13.7. The molecule has 2 N–H and O–H groups in total. The Morgan fingerprint density at radius 3 is 2.21 bits per heavy atom. The highest BCUT2D eigenvalue weighted by Gasteiger charge is 2.25. The maximum absolute atomic E-state index is 9.76. The van der Waals surface area contributed by atoms with Gasteiger partial charge in [-0.05, 0) is 43.0 Å². The van der Waals surface area contributed by atoms with Crippen LogP contribution in [0.2, 0.25) is 0 Å². The first-order chi connectivity index (χ1) is 9.18. The van der Waals surface area contributed by atoms with Crippen LogP contribution in [0.15, 0.2) is 59.5 Å². The molecule has 19 heavy (non-hydrogen) atoms. The summed E-state index contributed by atoms with van der Waals surface area (Å²) >= 11 is 1.72. The average Bonchev–Trinajstić information content (AvgIpc) is 2.48. The van der Waals surface area contributed by atoms with Crippen molar-refractivity contribution in [3.8, 4) is 0 Å². The van der Waals surface area contributed by atoms with Gasteiger partial charge in [-0.3, -0.25) is 0 Å². The molecule has 2 aromatic rings. The lowest BCUT2D eigenvalue weighted by Crippen LogP contribution is -2.35. The topological polar surface area (TPSA) is 32.3 Å². The predicted molar refractivity (Wildman–Crippen MR) is 82.7 cm³/mol. The molecule has 3 heteroatoms. The predicted octanol–water partition coefficient (Wildman–Crippen LogP) is 3.73. The second-order valence-electron chi connectivity index (χ2n) is 4.71. The van der Waals surface area contributed by atoms with Crippen LogP contribution in [-0.4, -0.2) is 18.0 Å². The van der Waals surface area contributed by atoms with E-state index in [0.717, 1.165) is 11.3 Å². The molecule has 0 spiro atoms. The van der Waals surface area contributed by atoms with E-state index in [1.807, 2.05) is 37.3 Å². The molecule has 0 aromatic heterocycles. The average molecular weight is 273 g/mol. The van der Waals surface area contributed by atoms with Gasteiger partial charge in [-0.15, -0.1) is 11.8 Å². The molecule has 2 aromatic carbocycles. The van der Waals surface area contributed by atoms with Gasteiger partial charge in [-0.25, -0.2) is 0 Å². The highest BCUT2D eigenvalue weighted by molar-refractivity contribution is 7.98. The van der Waals surface area contributed by atoms with Crippen LogP contribution in [-0.2, 0) is 5.54 Å². The fourth-order valence-corrected chi connectivity index (χ4v) is 2.41. The summed E-state index contributed by atoms with van der Waals surface area (Å²) in [6.45, 7) is 2.05. The van der Waals surface area contributed by atoms with Gasteiger partial charge < -0.3 is 10.4 Å². The van der Waals surface area contributed by atoms with E-state index in [9.17, 15) is 5.11 Å². The fraction of sp³-hybridized carbons (Fsp3) is 0.250. The summed E-state index contributed by atoms with van der Waals surface area (Å²) in [7, 11) is 0. The Kier molecular flexibility index (Phi) is 4.51. The summed E-state index contributed by atoms with van der Waals surface area (Å²) in [5.74, 6) is 0. The molecule has 0 aliphatic heterocycles. The second-order valence-corrected chi connectivity index (χ2v) is 5.59. The number of benzene rings is 2. The van der Waals surface area contributed by atoms with Crippen LogP contribution in [0.25, 0.3) is 0 Å². The van der Waals surface area contributed by atoms with E-state index in [4.69, 9.17) is 0 Å². The molecule has 2 rings (SSSR count). The van der Waals surface area contributed by atoms with Crippen LogP contribution >= 0.6 is 11.8 Å². The highest BCUT2D eigenvalue weighted by atomic mass is 32.2. The van der Waals surface area contributed by atoms with E-state index >= 15 is 0 Å². The molecule has 0 heterocycles. The standard InChI is InChI=1S/C16H19NOS/c1-16(12-18,17-14-6-4-3-5-7-14)13-8-10-15(19-2)11-9-13/h3-11,17-18H,12H2,1-2H3. The third-order valence-electron chi connectivity index (χ3n) is 3.24. The molecular formula is C16H19NOS. The molecule has 1 unspecified atom stereocenters. The molecule has 0 radical (unpaired) electrons. The van der Waals surface area contributed by atoms with Crippen molar-refractivity contribution in [2.24, 2.45) is 0 Å². The largest absolute Gasteiger partial charge is 0.394 e. The number of rotatable bonds is 5. The van der Waals surface area contributed by atoms with Crippen LogP contribution in [0.5, 0.6) is 0 Å². The molecule has 1 atom stereocenters. The Hall–Kier alpha value is -1.45. The second kappa shape index (κ2) is 6.13. The number of thioether (sulfide) groups is 1. The SMILES string of the molecule is CSc1ccc(C(C)(CO)Nc2ccccc2)cc1. The first kappa shape index (κ1) is 14.0. The first-order valence-electron chi connectivity index (χ1n) is 6.26. The van der Waals surface area contributed by atoms with Crippen molar-refractivity contribution in [3.05, 3.63) is 60.2 Å². The maximum Gasteiger partial charge on any atom is 0.0828 e. The summed E-state index contributed by atoms with van der Waals surface area (Å²) in [5, 5.41) is 13.2. The third-order valence-corrected chi connectivity index (χ3v) is 3.98. The van der Waals surface area contributed by atoms with Crippen LogP contribution in [0.3, 0.4) is 0 Å². The molecule has 0 amide bonds. The van der Waals surface area contributed by atoms with Crippen molar-refractivity contribution in [1.82, 2.24) is 0 Å². The zero-order valence-electron chi connectivity index (χ0n) is 11.3. The lowest BCUT2D eigenvalue weighted by molar-refractivity contribution is 0.224. The van der Waals surface area contributed by atoms with E-state index in [1.54, 1.807) is 11.8 Å². The quantitative estimate of drug-likeness (QED) is 0.814. The van der Waals surface area contributed by atoms with Crippen molar-refractivity contribution in [2.45, 2.75) is 17.4 Å². The molecular weight excluding hydrogens is 254 g/mol. The summed E-state index contributed by atoms with van der Waals surface area (Å²) in [5.41, 5.74) is 1.61. The van der Waals surface area contributed by atoms with Crippen LogP contribution in [0.4, 0.5) is 5.69 Å². The molecule has 0 aliphatic carbocycles. The summed E-state index contributed by atoms with van der Waals surface area (Å²) in [6.07, 6.45) is 2.06. The Morgan fingerprint density at radius 2 is 1.68 bits per heavy atom. The van der Waals surface area contributed by atoms with Crippen LogP contribution in [0.1, 0.15) is 12.5 Å². The van der Waals surface area contributed by atoms with Gasteiger partial charge in [0.1, 0.15) is 0 Å². The van der Waals surface area contributed by atoms with E-state index in [2.05, 4.69) is 35.8 Å².